The number of hydrogen-bond donors (Lipinski definition) is 1. The number of aromatic nitrogens is 6. The third-order valence-corrected chi connectivity index (χ3v) is 4.63. The quantitative estimate of drug-likeness (QED) is 0.567. The molecule has 144 valence electrons. The molecule has 8 nitrogen and oxygen atoms in total. The minimum absolute atomic E-state index is 0.197. The summed E-state index contributed by atoms with van der Waals surface area (Å²) in [5, 5.41) is 22.0. The van der Waals surface area contributed by atoms with Crippen molar-refractivity contribution in [3.05, 3.63) is 83.9 Å². The van der Waals surface area contributed by atoms with E-state index in [9.17, 15) is 4.79 Å². The molecule has 0 saturated heterocycles. The molecule has 2 aromatic heterocycles. The number of aryl methyl sites for hydroxylation is 1. The van der Waals surface area contributed by atoms with Crippen molar-refractivity contribution < 1.29 is 4.79 Å². The topological polar surface area (TPSA) is 98.5 Å². The van der Waals surface area contributed by atoms with Crippen LogP contribution in [0.4, 0.5) is 0 Å². The van der Waals surface area contributed by atoms with Gasteiger partial charge in [-0.05, 0) is 65.2 Å². The Hall–Kier alpha value is -3.94. The number of amides is 1. The fourth-order valence-corrected chi connectivity index (χ4v) is 2.99. The first-order chi connectivity index (χ1) is 14.1. The van der Waals surface area contributed by atoms with E-state index in [0.717, 1.165) is 16.7 Å². The van der Waals surface area contributed by atoms with Crippen molar-refractivity contribution >= 4 is 5.91 Å². The van der Waals surface area contributed by atoms with Gasteiger partial charge < -0.3 is 5.32 Å². The number of nitrogens with one attached hydrogen (secondary N) is 1. The number of tetrazole rings is 1. The van der Waals surface area contributed by atoms with Crippen molar-refractivity contribution in [1.29, 1.82) is 0 Å². The summed E-state index contributed by atoms with van der Waals surface area (Å²) in [4.78, 5) is 13.0. The molecule has 1 N–H and O–H groups in total. The van der Waals surface area contributed by atoms with Crippen molar-refractivity contribution in [2.45, 2.75) is 19.9 Å². The molecule has 2 heterocycles. The van der Waals surface area contributed by atoms with Crippen molar-refractivity contribution in [3.63, 3.8) is 0 Å². The van der Waals surface area contributed by atoms with Gasteiger partial charge in [0.15, 0.2) is 0 Å². The third kappa shape index (κ3) is 4.16. The maximum atomic E-state index is 13.0. The average molecular weight is 385 g/mol. The lowest BCUT2D eigenvalue weighted by Crippen LogP contribution is -2.27. The van der Waals surface area contributed by atoms with Gasteiger partial charge in [-0.15, -0.1) is 5.10 Å². The highest BCUT2D eigenvalue weighted by atomic mass is 16.1. The lowest BCUT2D eigenvalue weighted by Gasteiger charge is -2.15. The first-order valence-corrected chi connectivity index (χ1v) is 9.13. The van der Waals surface area contributed by atoms with E-state index >= 15 is 0 Å². The highest BCUT2D eigenvalue weighted by Gasteiger charge is 2.15. The van der Waals surface area contributed by atoms with Crippen LogP contribution in [0.3, 0.4) is 0 Å². The Kier molecular flexibility index (Phi) is 5.07. The van der Waals surface area contributed by atoms with Crippen LogP contribution in [0.25, 0.3) is 16.8 Å². The van der Waals surface area contributed by atoms with Gasteiger partial charge in [-0.3, -0.25) is 4.79 Å². The van der Waals surface area contributed by atoms with Gasteiger partial charge in [-0.25, -0.2) is 4.68 Å². The van der Waals surface area contributed by atoms with Crippen LogP contribution in [-0.2, 0) is 0 Å². The van der Waals surface area contributed by atoms with Crippen molar-refractivity contribution in [2.24, 2.45) is 0 Å². The molecule has 0 aliphatic carbocycles. The number of nitrogens with zero attached hydrogens (tertiary/aromatic N) is 6. The highest BCUT2D eigenvalue weighted by Crippen LogP contribution is 2.25. The molecule has 0 bridgehead atoms. The van der Waals surface area contributed by atoms with Gasteiger partial charge in [0.2, 0.25) is 0 Å². The first kappa shape index (κ1) is 18.4. The zero-order chi connectivity index (χ0) is 20.2. The third-order valence-electron chi connectivity index (χ3n) is 4.63. The van der Waals surface area contributed by atoms with Crippen LogP contribution in [0.1, 0.15) is 34.5 Å². The summed E-state index contributed by atoms with van der Waals surface area (Å²) in [6, 6.07) is 15.3. The molecule has 2 aromatic carbocycles. The molecule has 0 saturated carbocycles. The fraction of sp³-hybridized carbons (Fsp3) is 0.143. The summed E-state index contributed by atoms with van der Waals surface area (Å²) < 4.78 is 1.53. The molecule has 1 amide bonds. The van der Waals surface area contributed by atoms with Crippen molar-refractivity contribution in [2.75, 3.05) is 0 Å². The standard InChI is InChI=1S/C21H19N7O/c1-14-3-5-16(6-4-14)18-9-19(11-20(10-18)28-13-24-26-27-28)21(29)25-15(2)17-7-8-22-23-12-17/h3-13,15H,1-2H3,(H,25,29). The van der Waals surface area contributed by atoms with Crippen LogP contribution < -0.4 is 5.32 Å². The van der Waals surface area contributed by atoms with Crippen LogP contribution in [0, 0.1) is 6.92 Å². The van der Waals surface area contributed by atoms with Gasteiger partial charge >= 0.3 is 0 Å². The molecule has 8 heteroatoms. The Balaban J connectivity index is 1.70. The normalized spacial score (nSPS) is 11.8. The van der Waals surface area contributed by atoms with Crippen LogP contribution >= 0.6 is 0 Å². The van der Waals surface area contributed by atoms with Crippen LogP contribution in [0.2, 0.25) is 0 Å². The van der Waals surface area contributed by atoms with Crippen LogP contribution in [0.15, 0.2) is 67.3 Å². The zero-order valence-electron chi connectivity index (χ0n) is 16.0. The molecule has 0 fully saturated rings. The van der Waals surface area contributed by atoms with Crippen LogP contribution in [-0.4, -0.2) is 36.3 Å². The minimum Gasteiger partial charge on any atom is -0.345 e. The lowest BCUT2D eigenvalue weighted by atomic mass is 10.0. The monoisotopic (exact) mass is 385 g/mol. The molecule has 4 rings (SSSR count). The van der Waals surface area contributed by atoms with E-state index in [0.29, 0.717) is 11.3 Å². The second-order valence-corrected chi connectivity index (χ2v) is 6.76. The number of hydrogen-bond acceptors (Lipinski definition) is 6. The molecule has 0 aliphatic heterocycles. The number of benzene rings is 2. The second-order valence-electron chi connectivity index (χ2n) is 6.76. The van der Waals surface area contributed by atoms with E-state index in [1.54, 1.807) is 18.5 Å². The Morgan fingerprint density at radius 2 is 1.83 bits per heavy atom. The largest absolute Gasteiger partial charge is 0.345 e. The number of rotatable bonds is 5. The highest BCUT2D eigenvalue weighted by molar-refractivity contribution is 5.96. The summed E-state index contributed by atoms with van der Waals surface area (Å²) in [5.74, 6) is -0.197. The van der Waals surface area contributed by atoms with Gasteiger partial charge in [0, 0.05) is 11.8 Å². The molecule has 0 spiro atoms. The molecular weight excluding hydrogens is 366 g/mol. The Bertz CT molecular complexity index is 1110. The molecule has 1 unspecified atom stereocenters. The van der Waals surface area contributed by atoms with Gasteiger partial charge in [-0.2, -0.15) is 10.2 Å². The SMILES string of the molecule is Cc1ccc(-c2cc(C(=O)NC(C)c3ccnnc3)cc(-n3cnnn3)c2)cc1. The molecule has 0 aliphatic rings. The lowest BCUT2D eigenvalue weighted by molar-refractivity contribution is 0.0940. The Morgan fingerprint density at radius 3 is 2.52 bits per heavy atom. The molecule has 0 radical (unpaired) electrons. The van der Waals surface area contributed by atoms with Gasteiger partial charge in [0.05, 0.1) is 17.9 Å². The van der Waals surface area contributed by atoms with E-state index < -0.39 is 0 Å². The predicted octanol–water partition coefficient (Wildman–Crippen LogP) is 2.92. The van der Waals surface area contributed by atoms with E-state index in [2.05, 4.69) is 31.0 Å². The van der Waals surface area contributed by atoms with Crippen LogP contribution in [0.5, 0.6) is 0 Å². The summed E-state index contributed by atoms with van der Waals surface area (Å²) >= 11 is 0. The first-order valence-electron chi connectivity index (χ1n) is 9.13. The minimum atomic E-state index is -0.211. The van der Waals surface area contributed by atoms with Crippen molar-refractivity contribution in [3.8, 4) is 16.8 Å². The summed E-state index contributed by atoms with van der Waals surface area (Å²) in [5.41, 5.74) is 5.18. The van der Waals surface area contributed by atoms with E-state index in [4.69, 9.17) is 0 Å². The number of carbonyl (C=O) groups is 1. The molecule has 4 aromatic rings. The van der Waals surface area contributed by atoms with Crippen molar-refractivity contribution in [1.82, 2.24) is 35.7 Å². The van der Waals surface area contributed by atoms with Gasteiger partial charge in [0.1, 0.15) is 6.33 Å². The smallest absolute Gasteiger partial charge is 0.251 e. The Labute approximate surface area is 167 Å². The van der Waals surface area contributed by atoms with E-state index in [1.807, 2.05) is 56.3 Å². The van der Waals surface area contributed by atoms with E-state index in [1.165, 1.54) is 16.6 Å². The Morgan fingerprint density at radius 1 is 1.00 bits per heavy atom. The van der Waals surface area contributed by atoms with E-state index in [-0.39, 0.29) is 11.9 Å². The van der Waals surface area contributed by atoms with Gasteiger partial charge in [-0.1, -0.05) is 29.8 Å². The number of carbonyl (C=O) groups excluding carboxylic acids is 1. The average Bonchev–Trinajstić information content (AvgIpc) is 3.29. The molecule has 29 heavy (non-hydrogen) atoms. The summed E-state index contributed by atoms with van der Waals surface area (Å²) in [6.07, 6.45) is 4.74. The maximum absolute atomic E-state index is 13.0. The summed E-state index contributed by atoms with van der Waals surface area (Å²) in [7, 11) is 0. The van der Waals surface area contributed by atoms with Gasteiger partial charge in [0.25, 0.3) is 5.91 Å². The second kappa shape index (κ2) is 7.97. The molecule has 1 atom stereocenters. The zero-order valence-corrected chi connectivity index (χ0v) is 16.0. The maximum Gasteiger partial charge on any atom is 0.251 e. The fourth-order valence-electron chi connectivity index (χ4n) is 2.99. The molecular formula is C21H19N7O. The summed E-state index contributed by atoms with van der Waals surface area (Å²) in [6.45, 7) is 3.94. The predicted molar refractivity (Wildman–Crippen MR) is 107 cm³/mol.